The largest absolute Gasteiger partial charge is 0.397 e. The lowest BCUT2D eigenvalue weighted by Crippen LogP contribution is -2.06. The summed E-state index contributed by atoms with van der Waals surface area (Å²) in [7, 11) is 0. The fourth-order valence-corrected chi connectivity index (χ4v) is 1.73. The predicted molar refractivity (Wildman–Crippen MR) is 67.2 cm³/mol. The van der Waals surface area contributed by atoms with Crippen molar-refractivity contribution in [2.45, 2.75) is 19.1 Å². The van der Waals surface area contributed by atoms with Crippen molar-refractivity contribution in [2.24, 2.45) is 0 Å². The summed E-state index contributed by atoms with van der Waals surface area (Å²) in [6.45, 7) is 4.13. The van der Waals surface area contributed by atoms with Crippen LogP contribution in [0, 0.1) is 0 Å². The molecule has 0 saturated heterocycles. The lowest BCUT2D eigenvalue weighted by atomic mass is 10.1. The Hall–Kier alpha value is -1.16. The molecule has 0 spiro atoms. The summed E-state index contributed by atoms with van der Waals surface area (Å²) in [6.07, 6.45) is 0. The van der Waals surface area contributed by atoms with Gasteiger partial charge in [-0.25, -0.2) is 0 Å². The van der Waals surface area contributed by atoms with E-state index in [9.17, 15) is 4.79 Å². The van der Waals surface area contributed by atoms with Gasteiger partial charge >= 0.3 is 0 Å². The van der Waals surface area contributed by atoms with E-state index >= 15 is 0 Å². The summed E-state index contributed by atoms with van der Waals surface area (Å²) in [4.78, 5) is 11.7. The van der Waals surface area contributed by atoms with Crippen molar-refractivity contribution >= 4 is 28.9 Å². The average molecular weight is 224 g/mol. The Morgan fingerprint density at radius 3 is 2.53 bits per heavy atom. The van der Waals surface area contributed by atoms with Crippen molar-refractivity contribution in [1.82, 2.24) is 0 Å². The topological polar surface area (TPSA) is 69.1 Å². The Balaban J connectivity index is 2.70. The molecule has 0 radical (unpaired) electrons. The molecule has 0 amide bonds. The monoisotopic (exact) mass is 224 g/mol. The van der Waals surface area contributed by atoms with Gasteiger partial charge in [0.2, 0.25) is 0 Å². The zero-order valence-corrected chi connectivity index (χ0v) is 9.80. The molecule has 0 heterocycles. The second-order valence-corrected chi connectivity index (χ2v) is 5.19. The van der Waals surface area contributed by atoms with E-state index in [1.54, 1.807) is 30.0 Å². The fourth-order valence-electron chi connectivity index (χ4n) is 1.07. The van der Waals surface area contributed by atoms with Crippen LogP contribution in [-0.2, 0) is 0 Å². The highest BCUT2D eigenvalue weighted by molar-refractivity contribution is 8.00. The van der Waals surface area contributed by atoms with Crippen LogP contribution in [0.15, 0.2) is 18.2 Å². The lowest BCUT2D eigenvalue weighted by Gasteiger charge is -2.06. The summed E-state index contributed by atoms with van der Waals surface area (Å²) >= 11 is 1.62. The fraction of sp³-hybridized carbons (Fsp3) is 0.364. The molecule has 0 aliphatic heterocycles. The third-order valence-corrected chi connectivity index (χ3v) is 3.05. The van der Waals surface area contributed by atoms with Crippen LogP contribution in [0.5, 0.6) is 0 Å². The molecule has 0 fully saturated rings. The Bertz CT molecular complexity index is 364. The number of nitrogens with two attached hydrogens (primary N) is 2. The smallest absolute Gasteiger partial charge is 0.172 e. The number of ketones is 1. The standard InChI is InChI=1S/C11H16N2OS/c1-7(2)15-6-11(14)8-3-4-9(12)10(13)5-8/h3-5,7H,6,12-13H2,1-2H3. The van der Waals surface area contributed by atoms with Gasteiger partial charge in [-0.15, -0.1) is 0 Å². The molecule has 1 aromatic rings. The Morgan fingerprint density at radius 2 is 2.00 bits per heavy atom. The summed E-state index contributed by atoms with van der Waals surface area (Å²) in [5.41, 5.74) is 12.8. The van der Waals surface area contributed by atoms with Crippen LogP contribution in [-0.4, -0.2) is 16.8 Å². The van der Waals surface area contributed by atoms with Gasteiger partial charge in [-0.1, -0.05) is 13.8 Å². The maximum absolute atomic E-state index is 11.7. The lowest BCUT2D eigenvalue weighted by molar-refractivity contribution is 0.102. The highest BCUT2D eigenvalue weighted by Crippen LogP contribution is 2.18. The molecule has 15 heavy (non-hydrogen) atoms. The minimum absolute atomic E-state index is 0.0976. The van der Waals surface area contributed by atoms with Crippen LogP contribution in [0.4, 0.5) is 11.4 Å². The molecule has 0 saturated carbocycles. The van der Waals surface area contributed by atoms with Crippen molar-refractivity contribution in [3.63, 3.8) is 0 Å². The summed E-state index contributed by atoms with van der Waals surface area (Å²) < 4.78 is 0. The highest BCUT2D eigenvalue weighted by Gasteiger charge is 2.08. The van der Waals surface area contributed by atoms with Crippen molar-refractivity contribution < 1.29 is 4.79 Å². The molecule has 4 N–H and O–H groups in total. The Kier molecular flexibility index (Phi) is 4.03. The number of thioether (sulfide) groups is 1. The molecule has 82 valence electrons. The third-order valence-electron chi connectivity index (χ3n) is 1.96. The highest BCUT2D eigenvalue weighted by atomic mass is 32.2. The van der Waals surface area contributed by atoms with Crippen LogP contribution in [0.1, 0.15) is 24.2 Å². The zero-order chi connectivity index (χ0) is 11.4. The van der Waals surface area contributed by atoms with E-state index in [0.29, 0.717) is 27.9 Å². The molecule has 1 aromatic carbocycles. The first-order chi connectivity index (χ1) is 7.00. The molecule has 0 bridgehead atoms. The second kappa shape index (κ2) is 5.07. The van der Waals surface area contributed by atoms with E-state index in [2.05, 4.69) is 13.8 Å². The molecule has 0 atom stereocenters. The normalized spacial score (nSPS) is 10.6. The summed E-state index contributed by atoms with van der Waals surface area (Å²) in [5, 5.41) is 0.458. The Labute approximate surface area is 94.2 Å². The first-order valence-corrected chi connectivity index (χ1v) is 5.85. The second-order valence-electron chi connectivity index (χ2n) is 3.63. The SMILES string of the molecule is CC(C)SCC(=O)c1ccc(N)c(N)c1. The number of rotatable bonds is 4. The number of hydrogen-bond acceptors (Lipinski definition) is 4. The Morgan fingerprint density at radius 1 is 1.33 bits per heavy atom. The van der Waals surface area contributed by atoms with Crippen LogP contribution in [0.25, 0.3) is 0 Å². The maximum atomic E-state index is 11.7. The molecule has 1 rings (SSSR count). The van der Waals surface area contributed by atoms with Crippen molar-refractivity contribution in [3.05, 3.63) is 23.8 Å². The van der Waals surface area contributed by atoms with Gasteiger partial charge in [-0.3, -0.25) is 4.79 Å². The molecular formula is C11H16N2OS. The van der Waals surface area contributed by atoms with E-state index in [0.717, 1.165) is 0 Å². The van der Waals surface area contributed by atoms with Gasteiger partial charge in [-0.05, 0) is 23.4 Å². The van der Waals surface area contributed by atoms with Crippen molar-refractivity contribution in [1.29, 1.82) is 0 Å². The van der Waals surface area contributed by atoms with Gasteiger partial charge in [-0.2, -0.15) is 11.8 Å². The third kappa shape index (κ3) is 3.47. The van der Waals surface area contributed by atoms with Gasteiger partial charge < -0.3 is 11.5 Å². The number of Topliss-reactive ketones (excluding diaryl/α,β-unsaturated/α-hetero) is 1. The van der Waals surface area contributed by atoms with Crippen LogP contribution in [0.3, 0.4) is 0 Å². The van der Waals surface area contributed by atoms with Gasteiger partial charge in [0.1, 0.15) is 0 Å². The number of nitrogen functional groups attached to an aromatic ring is 2. The molecule has 0 aliphatic carbocycles. The van der Waals surface area contributed by atoms with Gasteiger partial charge in [0.25, 0.3) is 0 Å². The molecule has 0 aliphatic rings. The first-order valence-electron chi connectivity index (χ1n) is 4.80. The molecular weight excluding hydrogens is 208 g/mol. The zero-order valence-electron chi connectivity index (χ0n) is 8.99. The predicted octanol–water partition coefficient (Wildman–Crippen LogP) is 2.18. The minimum atomic E-state index is 0.0976. The first kappa shape index (κ1) is 11.9. The molecule has 0 aromatic heterocycles. The number of anilines is 2. The van der Waals surface area contributed by atoms with E-state index in [1.165, 1.54) is 0 Å². The summed E-state index contributed by atoms with van der Waals surface area (Å²) in [5.74, 6) is 0.585. The van der Waals surface area contributed by atoms with Crippen LogP contribution < -0.4 is 11.5 Å². The quantitative estimate of drug-likeness (QED) is 0.607. The number of carbonyl (C=O) groups is 1. The van der Waals surface area contributed by atoms with E-state index in [-0.39, 0.29) is 5.78 Å². The van der Waals surface area contributed by atoms with Crippen molar-refractivity contribution in [3.8, 4) is 0 Å². The van der Waals surface area contributed by atoms with Gasteiger partial charge in [0, 0.05) is 5.56 Å². The van der Waals surface area contributed by atoms with Gasteiger partial charge in [0.15, 0.2) is 5.78 Å². The van der Waals surface area contributed by atoms with E-state index in [4.69, 9.17) is 11.5 Å². The number of hydrogen-bond donors (Lipinski definition) is 2. The number of benzene rings is 1. The van der Waals surface area contributed by atoms with Crippen LogP contribution in [0.2, 0.25) is 0 Å². The molecule has 0 unspecified atom stereocenters. The average Bonchev–Trinajstić information content (AvgIpc) is 2.18. The van der Waals surface area contributed by atoms with E-state index in [1.807, 2.05) is 0 Å². The van der Waals surface area contributed by atoms with Crippen LogP contribution >= 0.6 is 11.8 Å². The van der Waals surface area contributed by atoms with E-state index < -0.39 is 0 Å². The molecule has 3 nitrogen and oxygen atoms in total. The summed E-state index contributed by atoms with van der Waals surface area (Å²) in [6, 6.07) is 5.02. The maximum Gasteiger partial charge on any atom is 0.172 e. The van der Waals surface area contributed by atoms with Gasteiger partial charge in [0.05, 0.1) is 17.1 Å². The number of carbonyl (C=O) groups excluding carboxylic acids is 1. The van der Waals surface area contributed by atoms with Crippen molar-refractivity contribution in [2.75, 3.05) is 17.2 Å². The minimum Gasteiger partial charge on any atom is -0.397 e. The molecule has 4 heteroatoms.